The standard InChI is InChI=1S/C15H15ClFNO6S/c16-11-7-9(17)1-2-12(11)18-25(21,22)13-3-4-15(23-5-6-24-15)8-10(13)14(19)20/h1-2,7-8,13,18H,3-6H2,(H,19,20). The number of nitrogens with one attached hydrogen (secondary N) is 1. The van der Waals surface area contributed by atoms with E-state index in [0.717, 1.165) is 12.1 Å². The van der Waals surface area contributed by atoms with Crippen LogP contribution in [0.1, 0.15) is 12.8 Å². The van der Waals surface area contributed by atoms with Crippen molar-refractivity contribution in [3.05, 3.63) is 40.7 Å². The van der Waals surface area contributed by atoms with Crippen LogP contribution in [0, 0.1) is 5.82 Å². The zero-order valence-corrected chi connectivity index (χ0v) is 14.4. The molecule has 0 aromatic heterocycles. The number of halogens is 2. The summed E-state index contributed by atoms with van der Waals surface area (Å²) in [7, 11) is -4.13. The molecule has 25 heavy (non-hydrogen) atoms. The van der Waals surface area contributed by atoms with E-state index in [1.807, 2.05) is 0 Å². The van der Waals surface area contributed by atoms with Crippen LogP contribution in [-0.2, 0) is 24.3 Å². The van der Waals surface area contributed by atoms with Crippen molar-refractivity contribution in [1.29, 1.82) is 0 Å². The van der Waals surface area contributed by atoms with Gasteiger partial charge in [0.1, 0.15) is 11.1 Å². The monoisotopic (exact) mass is 391 g/mol. The number of anilines is 1. The number of aliphatic carboxylic acids is 1. The molecule has 1 spiro atoms. The Balaban J connectivity index is 1.92. The molecular weight excluding hydrogens is 377 g/mol. The largest absolute Gasteiger partial charge is 0.478 e. The Hall–Kier alpha value is -1.68. The lowest BCUT2D eigenvalue weighted by molar-refractivity contribution is -0.138. The molecule has 1 saturated heterocycles. The molecule has 136 valence electrons. The van der Waals surface area contributed by atoms with Crippen molar-refractivity contribution >= 4 is 33.3 Å². The second-order valence-corrected chi connectivity index (χ2v) is 7.98. The van der Waals surface area contributed by atoms with Gasteiger partial charge < -0.3 is 14.6 Å². The number of benzene rings is 1. The number of hydrogen-bond acceptors (Lipinski definition) is 5. The van der Waals surface area contributed by atoms with Crippen LogP contribution in [0.3, 0.4) is 0 Å². The Kier molecular flexibility index (Phi) is 4.76. The van der Waals surface area contributed by atoms with Crippen molar-refractivity contribution < 1.29 is 32.2 Å². The highest BCUT2D eigenvalue weighted by atomic mass is 35.5. The Labute approximate surface area is 148 Å². The summed E-state index contributed by atoms with van der Waals surface area (Å²) in [6.45, 7) is 0.620. The van der Waals surface area contributed by atoms with E-state index in [1.54, 1.807) is 0 Å². The van der Waals surface area contributed by atoms with Gasteiger partial charge in [-0.1, -0.05) is 11.6 Å². The van der Waals surface area contributed by atoms with Gasteiger partial charge in [-0.05, 0) is 30.7 Å². The summed E-state index contributed by atoms with van der Waals surface area (Å²) in [6, 6.07) is 3.18. The predicted octanol–water partition coefficient (Wildman–Crippen LogP) is 2.14. The quantitative estimate of drug-likeness (QED) is 0.815. The fourth-order valence-electron chi connectivity index (χ4n) is 2.91. The van der Waals surface area contributed by atoms with Crippen molar-refractivity contribution in [2.24, 2.45) is 0 Å². The highest BCUT2D eigenvalue weighted by molar-refractivity contribution is 7.93. The Morgan fingerprint density at radius 2 is 2.04 bits per heavy atom. The lowest BCUT2D eigenvalue weighted by Crippen LogP contribution is -2.41. The molecule has 2 aliphatic rings. The fraction of sp³-hybridized carbons (Fsp3) is 0.400. The molecule has 1 aromatic rings. The van der Waals surface area contributed by atoms with Gasteiger partial charge in [0.05, 0.1) is 29.5 Å². The van der Waals surface area contributed by atoms with Crippen LogP contribution < -0.4 is 4.72 Å². The summed E-state index contributed by atoms with van der Waals surface area (Å²) in [5.74, 6) is -3.18. The van der Waals surface area contributed by atoms with Crippen LogP contribution in [0.4, 0.5) is 10.1 Å². The second-order valence-electron chi connectivity index (χ2n) is 5.71. The first-order chi connectivity index (χ1) is 11.7. The summed E-state index contributed by atoms with van der Waals surface area (Å²) in [6.07, 6.45) is 1.40. The lowest BCUT2D eigenvalue weighted by atomic mass is 9.94. The average molecular weight is 392 g/mol. The highest BCUT2D eigenvalue weighted by Crippen LogP contribution is 2.37. The fourth-order valence-corrected chi connectivity index (χ4v) is 4.74. The van der Waals surface area contributed by atoms with Crippen molar-refractivity contribution in [2.45, 2.75) is 23.9 Å². The minimum atomic E-state index is -4.13. The van der Waals surface area contributed by atoms with Gasteiger partial charge in [0.2, 0.25) is 10.0 Å². The molecule has 1 heterocycles. The first-order valence-electron chi connectivity index (χ1n) is 7.43. The zero-order valence-electron chi connectivity index (χ0n) is 12.9. The van der Waals surface area contributed by atoms with Gasteiger partial charge in [0.15, 0.2) is 5.79 Å². The van der Waals surface area contributed by atoms with E-state index >= 15 is 0 Å². The van der Waals surface area contributed by atoms with Gasteiger partial charge in [-0.15, -0.1) is 0 Å². The highest BCUT2D eigenvalue weighted by Gasteiger charge is 2.45. The SMILES string of the molecule is O=C(O)C1=CC2(CCC1S(=O)(=O)Nc1ccc(F)cc1Cl)OCCO2. The number of hydrogen-bond donors (Lipinski definition) is 2. The Bertz CT molecular complexity index is 834. The summed E-state index contributed by atoms with van der Waals surface area (Å²) >= 11 is 5.83. The number of ether oxygens (including phenoxy) is 2. The van der Waals surface area contributed by atoms with Gasteiger partial charge in [0, 0.05) is 6.42 Å². The van der Waals surface area contributed by atoms with E-state index in [1.165, 1.54) is 12.1 Å². The van der Waals surface area contributed by atoms with Crippen LogP contribution in [0.5, 0.6) is 0 Å². The molecule has 7 nitrogen and oxygen atoms in total. The van der Waals surface area contributed by atoms with E-state index in [2.05, 4.69) is 4.72 Å². The molecule has 1 unspecified atom stereocenters. The number of rotatable bonds is 4. The summed E-state index contributed by atoms with van der Waals surface area (Å²) in [5, 5.41) is 7.98. The molecule has 3 rings (SSSR count). The van der Waals surface area contributed by atoms with Crippen LogP contribution >= 0.6 is 11.6 Å². The average Bonchev–Trinajstić information content (AvgIpc) is 2.97. The van der Waals surface area contributed by atoms with E-state index in [4.69, 9.17) is 21.1 Å². The normalized spacial score (nSPS) is 22.6. The third-order valence-corrected chi connectivity index (χ3v) is 6.11. The molecule has 1 fully saturated rings. The zero-order chi connectivity index (χ0) is 18.2. The Morgan fingerprint density at radius 1 is 1.36 bits per heavy atom. The maximum Gasteiger partial charge on any atom is 0.332 e. The summed E-state index contributed by atoms with van der Waals surface area (Å²) in [4.78, 5) is 11.6. The smallest absolute Gasteiger partial charge is 0.332 e. The van der Waals surface area contributed by atoms with Crippen molar-refractivity contribution in [1.82, 2.24) is 0 Å². The predicted molar refractivity (Wildman–Crippen MR) is 87.3 cm³/mol. The van der Waals surface area contributed by atoms with E-state index in [-0.39, 0.29) is 29.1 Å². The topological polar surface area (TPSA) is 102 Å². The maximum atomic E-state index is 13.1. The minimum Gasteiger partial charge on any atom is -0.478 e. The molecule has 0 saturated carbocycles. The molecule has 1 aliphatic carbocycles. The van der Waals surface area contributed by atoms with Crippen molar-refractivity contribution in [3.8, 4) is 0 Å². The van der Waals surface area contributed by atoms with Crippen molar-refractivity contribution in [2.75, 3.05) is 17.9 Å². The molecule has 2 N–H and O–H groups in total. The van der Waals surface area contributed by atoms with Gasteiger partial charge in [-0.25, -0.2) is 17.6 Å². The third-order valence-electron chi connectivity index (χ3n) is 4.06. The van der Waals surface area contributed by atoms with Crippen LogP contribution in [0.2, 0.25) is 5.02 Å². The lowest BCUT2D eigenvalue weighted by Gasteiger charge is -2.32. The van der Waals surface area contributed by atoms with Crippen LogP contribution in [0.25, 0.3) is 0 Å². The van der Waals surface area contributed by atoms with Crippen molar-refractivity contribution in [3.63, 3.8) is 0 Å². The maximum absolute atomic E-state index is 13.1. The van der Waals surface area contributed by atoms with Crippen LogP contribution in [0.15, 0.2) is 29.8 Å². The Morgan fingerprint density at radius 3 is 2.64 bits per heavy atom. The molecule has 10 heteroatoms. The molecule has 1 aromatic carbocycles. The first kappa shape index (κ1) is 18.1. The van der Waals surface area contributed by atoms with Gasteiger partial charge in [-0.2, -0.15) is 0 Å². The number of carbonyl (C=O) groups is 1. The first-order valence-corrected chi connectivity index (χ1v) is 9.35. The van der Waals surface area contributed by atoms with Crippen LogP contribution in [-0.4, -0.2) is 43.7 Å². The summed E-state index contributed by atoms with van der Waals surface area (Å²) < 4.78 is 51.5. The number of carboxylic acids is 1. The van der Waals surface area contributed by atoms with Gasteiger partial charge >= 0.3 is 5.97 Å². The molecule has 0 radical (unpaired) electrons. The summed E-state index contributed by atoms with van der Waals surface area (Å²) in [5.41, 5.74) is -0.361. The molecule has 1 atom stereocenters. The van der Waals surface area contributed by atoms with E-state index in [9.17, 15) is 22.7 Å². The van der Waals surface area contributed by atoms with E-state index < -0.39 is 32.8 Å². The molecule has 1 aliphatic heterocycles. The molecular formula is C15H15ClFNO6S. The van der Waals surface area contributed by atoms with Gasteiger partial charge in [0.25, 0.3) is 0 Å². The van der Waals surface area contributed by atoms with Gasteiger partial charge in [-0.3, -0.25) is 4.72 Å². The number of carboxylic acid groups (broad SMARTS) is 1. The minimum absolute atomic E-state index is 0.00766. The second kappa shape index (κ2) is 6.56. The number of sulfonamides is 1. The molecule has 0 amide bonds. The molecule has 0 bridgehead atoms. The third kappa shape index (κ3) is 3.64. The van der Waals surface area contributed by atoms with E-state index in [0.29, 0.717) is 13.2 Å².